The van der Waals surface area contributed by atoms with Crippen molar-refractivity contribution >= 4 is 0 Å². The number of rotatable bonds is 7. The largest absolute Gasteiger partial charge is 0.496 e. The van der Waals surface area contributed by atoms with Gasteiger partial charge in [0, 0.05) is 11.5 Å². The molecule has 3 aromatic carbocycles. The van der Waals surface area contributed by atoms with Crippen LogP contribution in [0.2, 0.25) is 0 Å². The summed E-state index contributed by atoms with van der Waals surface area (Å²) in [4.78, 5) is 0. The molecule has 3 nitrogen and oxygen atoms in total. The van der Waals surface area contributed by atoms with Crippen molar-refractivity contribution in [1.82, 2.24) is 0 Å². The first-order valence-electron chi connectivity index (χ1n) is 8.80. The molecule has 0 saturated heterocycles. The highest BCUT2D eigenvalue weighted by atomic mass is 16.5. The highest BCUT2D eigenvalue weighted by molar-refractivity contribution is 5.70. The Morgan fingerprint density at radius 2 is 1.42 bits per heavy atom. The molecule has 3 rings (SSSR count). The first kappa shape index (κ1) is 18.2. The van der Waals surface area contributed by atoms with Crippen LogP contribution in [0.5, 0.6) is 5.75 Å². The molecule has 0 saturated carbocycles. The van der Waals surface area contributed by atoms with Gasteiger partial charge >= 0.3 is 0 Å². The minimum atomic E-state index is -0.742. The lowest BCUT2D eigenvalue weighted by Crippen LogP contribution is -2.17. The summed E-state index contributed by atoms with van der Waals surface area (Å²) in [6.45, 7) is -0.234. The maximum absolute atomic E-state index is 9.99. The predicted molar refractivity (Wildman–Crippen MR) is 104 cm³/mol. The SMILES string of the molecule is COc1ccccc1-c1ccc(C(CC(O)CO)c2ccccc2)cc1. The Labute approximate surface area is 154 Å². The van der Waals surface area contributed by atoms with Crippen LogP contribution >= 0.6 is 0 Å². The molecule has 2 N–H and O–H groups in total. The van der Waals surface area contributed by atoms with Crippen molar-refractivity contribution < 1.29 is 14.9 Å². The lowest BCUT2D eigenvalue weighted by Gasteiger charge is -2.21. The Bertz CT molecular complexity index is 812. The molecule has 0 bridgehead atoms. The molecule has 0 aliphatic heterocycles. The third-order valence-electron chi connectivity index (χ3n) is 4.65. The molecular formula is C23H24O3. The quantitative estimate of drug-likeness (QED) is 0.671. The van der Waals surface area contributed by atoms with Gasteiger partial charge in [0.2, 0.25) is 0 Å². The van der Waals surface area contributed by atoms with E-state index in [2.05, 4.69) is 36.4 Å². The summed E-state index contributed by atoms with van der Waals surface area (Å²) in [6.07, 6.45) is -0.261. The van der Waals surface area contributed by atoms with Crippen molar-refractivity contribution in [2.75, 3.05) is 13.7 Å². The van der Waals surface area contributed by atoms with Crippen LogP contribution in [-0.4, -0.2) is 30.0 Å². The van der Waals surface area contributed by atoms with E-state index in [-0.39, 0.29) is 12.5 Å². The van der Waals surface area contributed by atoms with Crippen LogP contribution in [0.3, 0.4) is 0 Å². The highest BCUT2D eigenvalue weighted by Crippen LogP contribution is 2.33. The van der Waals surface area contributed by atoms with E-state index in [1.54, 1.807) is 7.11 Å². The molecule has 0 aliphatic rings. The lowest BCUT2D eigenvalue weighted by atomic mass is 9.86. The van der Waals surface area contributed by atoms with E-state index in [1.165, 1.54) is 0 Å². The number of para-hydroxylation sites is 1. The lowest BCUT2D eigenvalue weighted by molar-refractivity contribution is 0.0849. The second kappa shape index (κ2) is 8.65. The molecule has 134 valence electrons. The molecule has 2 unspecified atom stereocenters. The fourth-order valence-corrected chi connectivity index (χ4v) is 3.27. The molecule has 26 heavy (non-hydrogen) atoms. The first-order chi connectivity index (χ1) is 12.7. The minimum Gasteiger partial charge on any atom is -0.496 e. The van der Waals surface area contributed by atoms with Crippen molar-refractivity contribution in [2.24, 2.45) is 0 Å². The standard InChI is InChI=1S/C23H24O3/c1-26-23-10-6-5-9-21(23)18-11-13-19(14-12-18)22(15-20(25)16-24)17-7-3-2-4-8-17/h2-14,20,22,24-25H,15-16H2,1H3. The highest BCUT2D eigenvalue weighted by Gasteiger charge is 2.18. The fraction of sp³-hybridized carbons (Fsp3) is 0.217. The monoisotopic (exact) mass is 348 g/mol. The van der Waals surface area contributed by atoms with E-state index < -0.39 is 6.10 Å². The van der Waals surface area contributed by atoms with Gasteiger partial charge in [-0.1, -0.05) is 72.8 Å². The summed E-state index contributed by atoms with van der Waals surface area (Å²) in [5.41, 5.74) is 4.38. The Morgan fingerprint density at radius 3 is 2.08 bits per heavy atom. The number of methoxy groups -OCH3 is 1. The maximum Gasteiger partial charge on any atom is 0.126 e. The molecule has 0 radical (unpaired) electrons. The summed E-state index contributed by atoms with van der Waals surface area (Å²) >= 11 is 0. The molecule has 0 fully saturated rings. The summed E-state index contributed by atoms with van der Waals surface area (Å²) in [7, 11) is 1.68. The van der Waals surface area contributed by atoms with Gasteiger partial charge in [0.25, 0.3) is 0 Å². The molecule has 0 heterocycles. The van der Waals surface area contributed by atoms with Crippen molar-refractivity contribution in [3.63, 3.8) is 0 Å². The van der Waals surface area contributed by atoms with Crippen LogP contribution in [0.1, 0.15) is 23.5 Å². The third-order valence-corrected chi connectivity index (χ3v) is 4.65. The van der Waals surface area contributed by atoms with Gasteiger partial charge in [-0.25, -0.2) is 0 Å². The Kier molecular flexibility index (Phi) is 6.05. The summed E-state index contributed by atoms with van der Waals surface area (Å²) in [6, 6.07) is 26.4. The molecule has 0 spiro atoms. The van der Waals surface area contributed by atoms with E-state index in [1.807, 2.05) is 42.5 Å². The first-order valence-corrected chi connectivity index (χ1v) is 8.80. The normalized spacial score (nSPS) is 13.2. The van der Waals surface area contributed by atoms with Gasteiger partial charge in [-0.15, -0.1) is 0 Å². The van der Waals surface area contributed by atoms with E-state index in [9.17, 15) is 10.2 Å². The van der Waals surface area contributed by atoms with Gasteiger partial charge in [-0.3, -0.25) is 0 Å². The average Bonchev–Trinajstić information content (AvgIpc) is 2.72. The van der Waals surface area contributed by atoms with Crippen LogP contribution in [0.4, 0.5) is 0 Å². The number of hydrogen-bond donors (Lipinski definition) is 2. The zero-order valence-corrected chi connectivity index (χ0v) is 14.9. The Morgan fingerprint density at radius 1 is 0.808 bits per heavy atom. The van der Waals surface area contributed by atoms with Crippen molar-refractivity contribution in [2.45, 2.75) is 18.4 Å². The Hall–Kier alpha value is -2.62. The van der Waals surface area contributed by atoms with Gasteiger partial charge in [-0.2, -0.15) is 0 Å². The molecule has 3 aromatic rings. The zero-order valence-electron chi connectivity index (χ0n) is 14.9. The van der Waals surface area contributed by atoms with Gasteiger partial charge in [0.15, 0.2) is 0 Å². The second-order valence-corrected chi connectivity index (χ2v) is 6.36. The number of aliphatic hydroxyl groups is 2. The Balaban J connectivity index is 1.93. The van der Waals surface area contributed by atoms with Crippen molar-refractivity contribution in [1.29, 1.82) is 0 Å². The number of benzene rings is 3. The molecule has 0 aromatic heterocycles. The number of ether oxygens (including phenoxy) is 1. The minimum absolute atomic E-state index is 0.0325. The van der Waals surface area contributed by atoms with E-state index in [4.69, 9.17) is 4.74 Å². The maximum atomic E-state index is 9.99. The van der Waals surface area contributed by atoms with Gasteiger partial charge in [0.1, 0.15) is 5.75 Å². The second-order valence-electron chi connectivity index (χ2n) is 6.36. The smallest absolute Gasteiger partial charge is 0.126 e. The van der Waals surface area contributed by atoms with Gasteiger partial charge in [-0.05, 0) is 29.2 Å². The average molecular weight is 348 g/mol. The molecule has 0 aliphatic carbocycles. The van der Waals surface area contributed by atoms with Gasteiger partial charge in [0.05, 0.1) is 19.8 Å². The van der Waals surface area contributed by atoms with Crippen molar-refractivity contribution in [3.05, 3.63) is 90.0 Å². The van der Waals surface area contributed by atoms with E-state index in [0.29, 0.717) is 6.42 Å². The summed E-state index contributed by atoms with van der Waals surface area (Å²) in [5, 5.41) is 19.2. The summed E-state index contributed by atoms with van der Waals surface area (Å²) in [5.74, 6) is 0.876. The van der Waals surface area contributed by atoms with Crippen molar-refractivity contribution in [3.8, 4) is 16.9 Å². The van der Waals surface area contributed by atoms with Crippen LogP contribution in [0, 0.1) is 0 Å². The molecular weight excluding hydrogens is 324 g/mol. The predicted octanol–water partition coefficient (Wildman–Crippen LogP) is 4.24. The van der Waals surface area contributed by atoms with Crippen LogP contribution in [0.15, 0.2) is 78.9 Å². The fourth-order valence-electron chi connectivity index (χ4n) is 3.27. The zero-order chi connectivity index (χ0) is 18.4. The van der Waals surface area contributed by atoms with Crippen LogP contribution < -0.4 is 4.74 Å². The molecule has 3 heteroatoms. The summed E-state index contributed by atoms with van der Waals surface area (Å²) < 4.78 is 5.45. The van der Waals surface area contributed by atoms with E-state index >= 15 is 0 Å². The van der Waals surface area contributed by atoms with Crippen LogP contribution in [-0.2, 0) is 0 Å². The third kappa shape index (κ3) is 4.13. The van der Waals surface area contributed by atoms with E-state index in [0.717, 1.165) is 28.0 Å². The molecule has 0 amide bonds. The molecule has 2 atom stereocenters. The van der Waals surface area contributed by atoms with Crippen LogP contribution in [0.25, 0.3) is 11.1 Å². The topological polar surface area (TPSA) is 49.7 Å². The number of hydrogen-bond acceptors (Lipinski definition) is 3. The number of aliphatic hydroxyl groups excluding tert-OH is 2. The van der Waals surface area contributed by atoms with Gasteiger partial charge < -0.3 is 14.9 Å².